The summed E-state index contributed by atoms with van der Waals surface area (Å²) in [4.78, 5) is 94.3. The lowest BCUT2D eigenvalue weighted by molar-refractivity contribution is 0.0696. The normalized spacial score (nSPS) is 19.2. The highest BCUT2D eigenvalue weighted by Crippen LogP contribution is 2.37. The van der Waals surface area contributed by atoms with Crippen LogP contribution in [0, 0.1) is 84.5 Å². The number of halogens is 10. The Labute approximate surface area is 538 Å². The first-order chi connectivity index (χ1) is 43.6. The predicted molar refractivity (Wildman–Crippen MR) is 329 cm³/mol. The number of amides is 7. The van der Waals surface area contributed by atoms with Gasteiger partial charge in [0.15, 0.2) is 52.4 Å². The first kappa shape index (κ1) is 66.5. The SMILES string of the molecule is Cc1ccc(C#N)cc1N=C1NC(=O)N(C)C2=NCC(c3cc(F)c(F)c(F)c3)N12.Cc1ccc(C(=O)O)cc1N=C1NC(=O)N(C)C2=NCC(c3cc(F)c(F)c(F)c3)N12.Cc1ccc(C(N)=O)cc1N=C1NC(=O)N(C)C2=NCC(c3cc(F)c(F)c(F)c3)N12.I. The van der Waals surface area contributed by atoms with Gasteiger partial charge in [0.2, 0.25) is 41.7 Å². The van der Waals surface area contributed by atoms with Gasteiger partial charge in [-0.3, -0.25) is 50.1 Å². The van der Waals surface area contributed by atoms with E-state index in [1.54, 1.807) is 57.2 Å². The minimum atomic E-state index is -1.58. The molecule has 12 rings (SSSR count). The number of hydrogen-bond acceptors (Lipinski definition) is 12. The van der Waals surface area contributed by atoms with Crippen LogP contribution in [0.2, 0.25) is 0 Å². The van der Waals surface area contributed by atoms with Crippen LogP contribution in [0.15, 0.2) is 121 Å². The Bertz CT molecular complexity index is 4160. The molecule has 3 atom stereocenters. The van der Waals surface area contributed by atoms with Crippen molar-refractivity contribution in [3.05, 3.63) is 193 Å². The van der Waals surface area contributed by atoms with Crippen LogP contribution in [0.25, 0.3) is 0 Å². The molecule has 33 heteroatoms. The van der Waals surface area contributed by atoms with E-state index in [0.29, 0.717) is 28.1 Å². The average Bonchev–Trinajstić information content (AvgIpc) is 1.69. The summed E-state index contributed by atoms with van der Waals surface area (Å²) in [5.74, 6) is -13.7. The Kier molecular flexibility index (Phi) is 18.9. The van der Waals surface area contributed by atoms with Crippen molar-refractivity contribution in [3.8, 4) is 6.07 Å². The summed E-state index contributed by atoms with van der Waals surface area (Å²) in [5.41, 5.74) is 9.46. The number of aryl methyl sites for hydroxylation is 3. The number of guanidine groups is 6. The molecule has 0 spiro atoms. The van der Waals surface area contributed by atoms with Crippen molar-refractivity contribution in [2.45, 2.75) is 38.9 Å². The smallest absolute Gasteiger partial charge is 0.335 e. The molecular weight excluding hydrogens is 1350 g/mol. The molecule has 0 aliphatic carbocycles. The fourth-order valence-corrected chi connectivity index (χ4v) is 10.1. The number of benzene rings is 6. The number of nitrogens with one attached hydrogen (secondary N) is 3. The number of carbonyl (C=O) groups is 5. The maximum Gasteiger partial charge on any atom is 0.335 e. The summed E-state index contributed by atoms with van der Waals surface area (Å²) in [5, 5.41) is 26.2. The number of hydrogen-bond donors (Lipinski definition) is 5. The van der Waals surface area contributed by atoms with E-state index < -0.39 is 100 Å². The van der Waals surface area contributed by atoms with Crippen LogP contribution in [0.4, 0.5) is 71.0 Å². The second kappa shape index (κ2) is 26.5. The lowest BCUT2D eigenvalue weighted by Crippen LogP contribution is -2.61. The van der Waals surface area contributed by atoms with Gasteiger partial charge in [-0.2, -0.15) is 5.26 Å². The standard InChI is InChI=1S/C20H17F3N6O2.C20H15F3N6O.C20H16F3N5O3.HI/c1-9-3-4-10(17(24)30)7-14(9)26-18-27-20(31)28(2)19-25-8-15(29(18)19)11-5-12(21)16(23)13(22)6-11;1-10-3-4-11(8-24)5-15(10)26-18-27-20(30)28(2)19-25-9-16(29(18)19)12-6-13(21)17(23)14(22)7-12;1-9-3-4-10(17(29)30)7-14(9)25-18-26-20(31)27(2)19-24-8-15(28(18)19)11-5-12(21)16(23)13(22)6-11;/h3-7,15H,8H2,1-2H3,(H2,24,30)(H,26,27,31);3-7,16H,9H2,1-2H3,(H,26,27,30);3-7,15H,8H2,1-2H3,(H,29,30)(H,25,26,31);1H. The minimum Gasteiger partial charge on any atom is -0.478 e. The summed E-state index contributed by atoms with van der Waals surface area (Å²) >= 11 is 0. The molecular formula is C60H49F9IN17O6. The maximum atomic E-state index is 13.8. The zero-order valence-corrected chi connectivity index (χ0v) is 51.5. The Morgan fingerprint density at radius 3 is 1.10 bits per heavy atom. The summed E-state index contributed by atoms with van der Waals surface area (Å²) in [6, 6.07) is 17.4. The lowest BCUT2D eigenvalue weighted by Gasteiger charge is -2.36. The summed E-state index contributed by atoms with van der Waals surface area (Å²) < 4.78 is 123. The van der Waals surface area contributed by atoms with E-state index in [1.807, 2.05) is 6.07 Å². The molecule has 3 saturated heterocycles. The minimum absolute atomic E-state index is 0. The van der Waals surface area contributed by atoms with Gasteiger partial charge in [-0.15, -0.1) is 24.0 Å². The maximum absolute atomic E-state index is 13.8. The van der Waals surface area contributed by atoms with E-state index in [2.05, 4.69) is 45.9 Å². The number of carboxylic acids is 1. The number of carbonyl (C=O) groups excluding carboxylic acids is 4. The molecule has 6 heterocycles. The van der Waals surface area contributed by atoms with Gasteiger partial charge in [0, 0.05) is 26.7 Å². The molecule has 6 aromatic carbocycles. The van der Waals surface area contributed by atoms with Crippen LogP contribution >= 0.6 is 24.0 Å². The molecule has 23 nitrogen and oxygen atoms in total. The molecule has 93 heavy (non-hydrogen) atoms. The van der Waals surface area contributed by atoms with Crippen molar-refractivity contribution in [3.63, 3.8) is 0 Å². The van der Waals surface area contributed by atoms with Gasteiger partial charge in [0.05, 0.1) is 72.0 Å². The predicted octanol–water partition coefficient (Wildman–Crippen LogP) is 9.69. The topological polar surface area (TPSA) is 285 Å². The van der Waals surface area contributed by atoms with Crippen molar-refractivity contribution in [2.24, 2.45) is 35.7 Å². The van der Waals surface area contributed by atoms with Crippen LogP contribution in [0.3, 0.4) is 0 Å². The van der Waals surface area contributed by atoms with Crippen molar-refractivity contribution in [1.82, 2.24) is 45.3 Å². The largest absolute Gasteiger partial charge is 0.478 e. The number of carboxylic acid groups (broad SMARTS) is 1. The van der Waals surface area contributed by atoms with E-state index in [1.165, 1.54) is 68.7 Å². The summed E-state index contributed by atoms with van der Waals surface area (Å²) in [6.45, 7) is 5.42. The molecule has 6 aliphatic heterocycles. The number of primary amides is 1. The number of fused-ring (bicyclic) bond motifs is 3. The lowest BCUT2D eigenvalue weighted by atomic mass is 10.1. The van der Waals surface area contributed by atoms with Gasteiger partial charge in [0.25, 0.3) is 0 Å². The summed E-state index contributed by atoms with van der Waals surface area (Å²) in [7, 11) is 4.43. The van der Waals surface area contributed by atoms with E-state index in [-0.39, 0.29) is 113 Å². The molecule has 0 aromatic heterocycles. The Morgan fingerprint density at radius 2 is 0.796 bits per heavy atom. The first-order valence-electron chi connectivity index (χ1n) is 27.2. The third kappa shape index (κ3) is 13.1. The van der Waals surface area contributed by atoms with E-state index in [9.17, 15) is 68.6 Å². The molecule has 7 amide bonds. The Morgan fingerprint density at radius 1 is 0.505 bits per heavy atom. The van der Waals surface area contributed by atoms with Crippen LogP contribution in [0.5, 0.6) is 0 Å². The number of urea groups is 3. The Hall–Kier alpha value is -10.9. The van der Waals surface area contributed by atoms with Gasteiger partial charge in [-0.1, -0.05) is 18.2 Å². The zero-order chi connectivity index (χ0) is 66.5. The summed E-state index contributed by atoms with van der Waals surface area (Å²) in [6.07, 6.45) is 0. The monoisotopic (exact) mass is 1400 g/mol. The third-order valence-electron chi connectivity index (χ3n) is 15.1. The number of rotatable bonds is 8. The molecule has 0 bridgehead atoms. The molecule has 3 unspecified atom stereocenters. The van der Waals surface area contributed by atoms with Crippen molar-refractivity contribution < 1.29 is 68.6 Å². The average molecular weight is 1400 g/mol. The third-order valence-corrected chi connectivity index (χ3v) is 15.1. The van der Waals surface area contributed by atoms with Gasteiger partial charge in [-0.25, -0.2) is 88.6 Å². The van der Waals surface area contributed by atoms with Crippen LogP contribution < -0.4 is 21.7 Å². The van der Waals surface area contributed by atoms with E-state index >= 15 is 0 Å². The van der Waals surface area contributed by atoms with Gasteiger partial charge in [0.1, 0.15) is 0 Å². The molecule has 0 radical (unpaired) electrons. The first-order valence-corrected chi connectivity index (χ1v) is 27.2. The number of nitrogens with zero attached hydrogens (tertiary/aromatic N) is 13. The van der Waals surface area contributed by atoms with Crippen LogP contribution in [0.1, 0.15) is 77.8 Å². The molecule has 480 valence electrons. The van der Waals surface area contributed by atoms with Crippen LogP contribution in [-0.2, 0) is 0 Å². The molecule has 0 saturated carbocycles. The van der Waals surface area contributed by atoms with Crippen LogP contribution in [-0.4, -0.2) is 141 Å². The molecule has 6 N–H and O–H groups in total. The van der Waals surface area contributed by atoms with Gasteiger partial charge < -0.3 is 10.8 Å². The highest BCUT2D eigenvalue weighted by Gasteiger charge is 2.45. The number of nitrogens with two attached hydrogens (primary N) is 1. The van der Waals surface area contributed by atoms with E-state index in [0.717, 1.165) is 42.0 Å². The van der Waals surface area contributed by atoms with Crippen molar-refractivity contribution in [1.29, 1.82) is 5.26 Å². The molecule has 3 fully saturated rings. The second-order valence-electron chi connectivity index (χ2n) is 21.0. The zero-order valence-electron chi connectivity index (χ0n) is 49.2. The van der Waals surface area contributed by atoms with Gasteiger partial charge in [-0.05, 0) is 127 Å². The fraction of sp³-hybridized carbons (Fsp3) is 0.200. The number of aliphatic imine (C=N–C) groups is 6. The number of nitriles is 1. The highest BCUT2D eigenvalue weighted by atomic mass is 127. The second-order valence-corrected chi connectivity index (χ2v) is 21.0. The van der Waals surface area contributed by atoms with Crippen molar-refractivity contribution in [2.75, 3.05) is 40.8 Å². The fourth-order valence-electron chi connectivity index (χ4n) is 10.1. The Balaban J connectivity index is 0.000000164. The molecule has 6 aliphatic rings. The van der Waals surface area contributed by atoms with Gasteiger partial charge >= 0.3 is 24.1 Å². The molecule has 6 aromatic rings. The number of aromatic carboxylic acids is 1. The van der Waals surface area contributed by atoms with E-state index in [4.69, 9.17) is 11.0 Å². The van der Waals surface area contributed by atoms with Crippen molar-refractivity contribution >= 4 is 107 Å². The highest BCUT2D eigenvalue weighted by molar-refractivity contribution is 14.0. The quantitative estimate of drug-likeness (QED) is 0.0546.